The van der Waals surface area contributed by atoms with Crippen molar-refractivity contribution in [2.24, 2.45) is 5.92 Å². The van der Waals surface area contributed by atoms with E-state index in [0.717, 1.165) is 32.5 Å². The van der Waals surface area contributed by atoms with Crippen LogP contribution in [-0.2, 0) is 17.6 Å². The minimum absolute atomic E-state index is 0.0326. The first kappa shape index (κ1) is 19.2. The Balaban J connectivity index is 1.35. The molecule has 1 saturated heterocycles. The second-order valence-electron chi connectivity index (χ2n) is 8.10. The molecule has 2 aliphatic rings. The Hall–Kier alpha value is -2.79. The minimum Gasteiger partial charge on any atom is -0.368 e. The summed E-state index contributed by atoms with van der Waals surface area (Å²) in [5.41, 5.74) is 3.84. The first-order valence-corrected chi connectivity index (χ1v) is 11.6. The predicted molar refractivity (Wildman–Crippen MR) is 124 cm³/mol. The quantitative estimate of drug-likeness (QED) is 0.682. The van der Waals surface area contributed by atoms with Gasteiger partial charge in [-0.25, -0.2) is 0 Å². The molecule has 154 valence electrons. The van der Waals surface area contributed by atoms with Gasteiger partial charge in [-0.3, -0.25) is 4.79 Å². The van der Waals surface area contributed by atoms with E-state index >= 15 is 0 Å². The Morgan fingerprint density at radius 1 is 1.00 bits per heavy atom. The molecule has 5 heteroatoms. The normalized spacial score (nSPS) is 20.4. The third kappa shape index (κ3) is 3.82. The number of nitrogens with one attached hydrogen (secondary N) is 1. The van der Waals surface area contributed by atoms with Gasteiger partial charge >= 0.3 is 0 Å². The lowest BCUT2D eigenvalue weighted by molar-refractivity contribution is -0.125. The number of rotatable bonds is 5. The second kappa shape index (κ2) is 8.52. The number of piperazine rings is 1. The monoisotopic (exact) mass is 417 g/mol. The van der Waals surface area contributed by atoms with Gasteiger partial charge in [0.05, 0.1) is 12.0 Å². The molecule has 2 aromatic carbocycles. The van der Waals surface area contributed by atoms with Crippen LogP contribution in [0.2, 0.25) is 0 Å². The van der Waals surface area contributed by atoms with Crippen LogP contribution in [0.1, 0.15) is 10.4 Å². The molecule has 0 aliphatic carbocycles. The maximum absolute atomic E-state index is 13.3. The zero-order valence-corrected chi connectivity index (χ0v) is 17.9. The lowest BCUT2D eigenvalue weighted by atomic mass is 9.83. The van der Waals surface area contributed by atoms with Crippen LogP contribution in [0.3, 0.4) is 0 Å². The van der Waals surface area contributed by atoms with Gasteiger partial charge in [0.1, 0.15) is 0 Å². The highest BCUT2D eigenvalue weighted by molar-refractivity contribution is 7.09. The minimum atomic E-state index is -0.0326. The molecule has 2 unspecified atom stereocenters. The van der Waals surface area contributed by atoms with Crippen molar-refractivity contribution in [2.75, 3.05) is 36.0 Å². The summed E-state index contributed by atoms with van der Waals surface area (Å²) >= 11 is 1.75. The highest BCUT2D eigenvalue weighted by atomic mass is 32.1. The summed E-state index contributed by atoms with van der Waals surface area (Å²) in [7, 11) is 0. The smallest absolute Gasteiger partial charge is 0.225 e. The average molecular weight is 418 g/mol. The third-order valence-electron chi connectivity index (χ3n) is 6.33. The molecular weight excluding hydrogens is 390 g/mol. The summed E-state index contributed by atoms with van der Waals surface area (Å²) in [6.07, 6.45) is 1.71. The van der Waals surface area contributed by atoms with E-state index < -0.39 is 0 Å². The van der Waals surface area contributed by atoms with Gasteiger partial charge in [-0.15, -0.1) is 11.3 Å². The van der Waals surface area contributed by atoms with Crippen molar-refractivity contribution >= 4 is 28.6 Å². The van der Waals surface area contributed by atoms with Crippen molar-refractivity contribution in [1.29, 1.82) is 0 Å². The Morgan fingerprint density at radius 3 is 2.67 bits per heavy atom. The number of thiophene rings is 1. The highest BCUT2D eigenvalue weighted by Gasteiger charge is 2.41. The molecule has 1 fully saturated rings. The average Bonchev–Trinajstić information content (AvgIpc) is 3.32. The SMILES string of the molecule is O=C(NCCc1cccs1)C1Cc2ccccc2N2CCN(c3ccccc3)CC12. The summed E-state index contributed by atoms with van der Waals surface area (Å²) in [4.78, 5) is 19.5. The van der Waals surface area contributed by atoms with E-state index in [1.165, 1.54) is 21.8 Å². The number of benzene rings is 2. The lowest BCUT2D eigenvalue weighted by Gasteiger charge is -2.49. The van der Waals surface area contributed by atoms with Gasteiger partial charge in [0.2, 0.25) is 5.91 Å². The fourth-order valence-corrected chi connectivity index (χ4v) is 5.53. The van der Waals surface area contributed by atoms with Crippen LogP contribution >= 0.6 is 11.3 Å². The maximum Gasteiger partial charge on any atom is 0.225 e. The summed E-state index contributed by atoms with van der Waals surface area (Å²) in [6, 6.07) is 23.6. The molecule has 30 heavy (non-hydrogen) atoms. The van der Waals surface area contributed by atoms with Gasteiger partial charge in [0.15, 0.2) is 0 Å². The molecule has 0 spiro atoms. The van der Waals surface area contributed by atoms with Crippen LogP contribution in [0.15, 0.2) is 72.1 Å². The number of hydrogen-bond donors (Lipinski definition) is 1. The molecule has 0 bridgehead atoms. The number of carbonyl (C=O) groups is 1. The van der Waals surface area contributed by atoms with Crippen LogP contribution in [-0.4, -0.2) is 38.1 Å². The first-order chi connectivity index (χ1) is 14.8. The predicted octanol–water partition coefficient (Wildman–Crippen LogP) is 3.97. The number of anilines is 2. The topological polar surface area (TPSA) is 35.6 Å². The molecule has 2 atom stereocenters. The third-order valence-corrected chi connectivity index (χ3v) is 7.27. The summed E-state index contributed by atoms with van der Waals surface area (Å²) in [5, 5.41) is 5.32. The van der Waals surface area contributed by atoms with E-state index in [-0.39, 0.29) is 17.9 Å². The van der Waals surface area contributed by atoms with Gasteiger partial charge in [-0.05, 0) is 48.1 Å². The van der Waals surface area contributed by atoms with E-state index in [1.807, 2.05) is 0 Å². The Morgan fingerprint density at radius 2 is 1.83 bits per heavy atom. The molecule has 1 aromatic heterocycles. The van der Waals surface area contributed by atoms with Crippen LogP contribution in [0.25, 0.3) is 0 Å². The Labute approximate surface area is 182 Å². The Bertz CT molecular complexity index is 989. The van der Waals surface area contributed by atoms with Gasteiger partial charge in [0, 0.05) is 42.4 Å². The Kier molecular flexibility index (Phi) is 5.45. The number of nitrogens with zero attached hydrogens (tertiary/aromatic N) is 2. The van der Waals surface area contributed by atoms with Crippen molar-refractivity contribution < 1.29 is 4.79 Å². The number of carbonyl (C=O) groups excluding carboxylic acids is 1. The van der Waals surface area contributed by atoms with Crippen molar-refractivity contribution in [3.63, 3.8) is 0 Å². The molecular formula is C25H27N3OS. The lowest BCUT2D eigenvalue weighted by Crippen LogP contribution is -2.61. The second-order valence-corrected chi connectivity index (χ2v) is 9.13. The zero-order chi connectivity index (χ0) is 20.3. The van der Waals surface area contributed by atoms with Crippen LogP contribution in [0, 0.1) is 5.92 Å². The van der Waals surface area contributed by atoms with Gasteiger partial charge in [-0.2, -0.15) is 0 Å². The standard InChI is InChI=1S/C25H27N3OS/c29-25(26-13-12-21-10-6-16-30-21)22-17-19-7-4-5-11-23(19)28-15-14-27(18-24(22)28)20-8-2-1-3-9-20/h1-11,16,22,24H,12-15,17-18H2,(H,26,29). The molecule has 0 saturated carbocycles. The fraction of sp³-hybridized carbons (Fsp3) is 0.320. The summed E-state index contributed by atoms with van der Waals surface area (Å²) in [6.45, 7) is 3.49. The van der Waals surface area contributed by atoms with Crippen molar-refractivity contribution in [1.82, 2.24) is 5.32 Å². The zero-order valence-electron chi connectivity index (χ0n) is 17.0. The van der Waals surface area contributed by atoms with Gasteiger partial charge in [0.25, 0.3) is 0 Å². The molecule has 1 N–H and O–H groups in total. The van der Waals surface area contributed by atoms with Crippen LogP contribution in [0.5, 0.6) is 0 Å². The van der Waals surface area contributed by atoms with E-state index in [4.69, 9.17) is 0 Å². The molecule has 2 aliphatic heterocycles. The molecule has 4 nitrogen and oxygen atoms in total. The van der Waals surface area contributed by atoms with Crippen LogP contribution < -0.4 is 15.1 Å². The van der Waals surface area contributed by atoms with Crippen molar-refractivity contribution in [2.45, 2.75) is 18.9 Å². The largest absolute Gasteiger partial charge is 0.368 e. The number of fused-ring (bicyclic) bond motifs is 3. The van der Waals surface area contributed by atoms with Crippen LogP contribution in [0.4, 0.5) is 11.4 Å². The number of hydrogen-bond acceptors (Lipinski definition) is 4. The molecule has 3 heterocycles. The van der Waals surface area contributed by atoms with E-state index in [2.05, 4.69) is 87.2 Å². The van der Waals surface area contributed by atoms with E-state index in [0.29, 0.717) is 6.54 Å². The molecule has 3 aromatic rings. The number of amides is 1. The summed E-state index contributed by atoms with van der Waals surface area (Å²) in [5.74, 6) is 0.153. The number of para-hydroxylation sites is 2. The van der Waals surface area contributed by atoms with E-state index in [1.54, 1.807) is 11.3 Å². The van der Waals surface area contributed by atoms with E-state index in [9.17, 15) is 4.79 Å². The van der Waals surface area contributed by atoms with Gasteiger partial charge in [-0.1, -0.05) is 42.5 Å². The van der Waals surface area contributed by atoms with Crippen molar-refractivity contribution in [3.8, 4) is 0 Å². The van der Waals surface area contributed by atoms with Gasteiger partial charge < -0.3 is 15.1 Å². The molecule has 0 radical (unpaired) electrons. The highest BCUT2D eigenvalue weighted by Crippen LogP contribution is 2.36. The fourth-order valence-electron chi connectivity index (χ4n) is 4.83. The first-order valence-electron chi connectivity index (χ1n) is 10.7. The molecule has 5 rings (SSSR count). The maximum atomic E-state index is 13.3. The summed E-state index contributed by atoms with van der Waals surface area (Å²) < 4.78 is 0. The molecule has 1 amide bonds. The van der Waals surface area contributed by atoms with Crippen molar-refractivity contribution in [3.05, 3.63) is 82.6 Å².